The third-order valence-electron chi connectivity index (χ3n) is 4.22. The van der Waals surface area contributed by atoms with Crippen molar-refractivity contribution >= 4 is 17.6 Å². The SMILES string of the molecule is COC(=O)c1ccccc1NC(=O)CCCn1nc(-c2ccncc2)ccc1=O. The van der Waals surface area contributed by atoms with Crippen LogP contribution in [0.15, 0.2) is 65.7 Å². The molecular weight excluding hydrogens is 372 g/mol. The van der Waals surface area contributed by atoms with E-state index in [2.05, 4.69) is 15.4 Å². The number of hydrogen-bond acceptors (Lipinski definition) is 6. The second-order valence-corrected chi connectivity index (χ2v) is 6.20. The molecule has 3 rings (SSSR count). The van der Waals surface area contributed by atoms with Gasteiger partial charge in [-0.1, -0.05) is 12.1 Å². The van der Waals surface area contributed by atoms with Crippen molar-refractivity contribution in [3.05, 3.63) is 76.8 Å². The minimum atomic E-state index is -0.524. The topological polar surface area (TPSA) is 103 Å². The van der Waals surface area contributed by atoms with Crippen molar-refractivity contribution in [2.75, 3.05) is 12.4 Å². The molecule has 0 unspecified atom stereocenters. The summed E-state index contributed by atoms with van der Waals surface area (Å²) >= 11 is 0. The highest BCUT2D eigenvalue weighted by Crippen LogP contribution is 2.17. The number of hydrogen-bond donors (Lipinski definition) is 1. The first kappa shape index (κ1) is 19.9. The molecule has 1 amide bonds. The van der Waals surface area contributed by atoms with E-state index < -0.39 is 5.97 Å². The van der Waals surface area contributed by atoms with Crippen LogP contribution in [0.5, 0.6) is 0 Å². The van der Waals surface area contributed by atoms with Crippen LogP contribution in [-0.4, -0.2) is 33.8 Å². The van der Waals surface area contributed by atoms with Gasteiger partial charge < -0.3 is 10.1 Å². The third-order valence-corrected chi connectivity index (χ3v) is 4.22. The molecule has 148 valence electrons. The van der Waals surface area contributed by atoms with E-state index in [9.17, 15) is 14.4 Å². The highest BCUT2D eigenvalue weighted by molar-refractivity contribution is 6.01. The summed E-state index contributed by atoms with van der Waals surface area (Å²) in [5.74, 6) is -0.788. The van der Waals surface area contributed by atoms with Crippen LogP contribution in [0.2, 0.25) is 0 Å². The summed E-state index contributed by atoms with van der Waals surface area (Å²) in [7, 11) is 1.28. The van der Waals surface area contributed by atoms with E-state index in [4.69, 9.17) is 4.74 Å². The van der Waals surface area contributed by atoms with Gasteiger partial charge >= 0.3 is 5.97 Å². The molecule has 8 nitrogen and oxygen atoms in total. The first-order valence-electron chi connectivity index (χ1n) is 9.04. The Labute approximate surface area is 167 Å². The summed E-state index contributed by atoms with van der Waals surface area (Å²) in [4.78, 5) is 40.1. The Morgan fingerprint density at radius 1 is 1.07 bits per heavy atom. The molecule has 0 atom stereocenters. The zero-order valence-electron chi connectivity index (χ0n) is 15.9. The Balaban J connectivity index is 1.61. The number of carbonyl (C=O) groups excluding carboxylic acids is 2. The van der Waals surface area contributed by atoms with Gasteiger partial charge in [0.2, 0.25) is 5.91 Å². The Morgan fingerprint density at radius 2 is 1.83 bits per heavy atom. The number of anilines is 1. The molecule has 0 saturated carbocycles. The molecule has 2 aromatic heterocycles. The molecule has 0 saturated heterocycles. The van der Waals surface area contributed by atoms with E-state index in [1.165, 1.54) is 17.9 Å². The monoisotopic (exact) mass is 392 g/mol. The van der Waals surface area contributed by atoms with Gasteiger partial charge in [-0.3, -0.25) is 14.6 Å². The van der Waals surface area contributed by atoms with Gasteiger partial charge in [-0.15, -0.1) is 0 Å². The van der Waals surface area contributed by atoms with Gasteiger partial charge in [0.15, 0.2) is 0 Å². The van der Waals surface area contributed by atoms with E-state index >= 15 is 0 Å². The normalized spacial score (nSPS) is 10.4. The number of nitrogens with one attached hydrogen (secondary N) is 1. The zero-order chi connectivity index (χ0) is 20.6. The molecule has 0 bridgehead atoms. The Bertz CT molecular complexity index is 1060. The van der Waals surface area contributed by atoms with Gasteiger partial charge in [0.1, 0.15) is 0 Å². The maximum absolute atomic E-state index is 12.3. The Morgan fingerprint density at radius 3 is 2.59 bits per heavy atom. The first-order chi connectivity index (χ1) is 14.1. The summed E-state index contributed by atoms with van der Waals surface area (Å²) < 4.78 is 6.06. The third kappa shape index (κ3) is 5.13. The summed E-state index contributed by atoms with van der Waals surface area (Å²) in [5.41, 5.74) is 1.94. The number of ether oxygens (including phenoxy) is 1. The van der Waals surface area contributed by atoms with Crippen LogP contribution in [0.25, 0.3) is 11.3 Å². The number of para-hydroxylation sites is 1. The minimum Gasteiger partial charge on any atom is -0.465 e. The van der Waals surface area contributed by atoms with Gasteiger partial charge in [0, 0.05) is 37.0 Å². The molecule has 0 spiro atoms. The average molecular weight is 392 g/mol. The Hall–Kier alpha value is -3.81. The van der Waals surface area contributed by atoms with Crippen molar-refractivity contribution in [3.63, 3.8) is 0 Å². The zero-order valence-corrected chi connectivity index (χ0v) is 15.9. The number of carbonyl (C=O) groups is 2. The first-order valence-corrected chi connectivity index (χ1v) is 9.04. The van der Waals surface area contributed by atoms with Crippen molar-refractivity contribution in [3.8, 4) is 11.3 Å². The highest BCUT2D eigenvalue weighted by Gasteiger charge is 2.13. The second-order valence-electron chi connectivity index (χ2n) is 6.20. The summed E-state index contributed by atoms with van der Waals surface area (Å²) in [5, 5.41) is 7.06. The lowest BCUT2D eigenvalue weighted by molar-refractivity contribution is -0.116. The van der Waals surface area contributed by atoms with Gasteiger partial charge in [0.05, 0.1) is 24.1 Å². The van der Waals surface area contributed by atoms with E-state index in [0.717, 1.165) is 5.56 Å². The molecule has 2 heterocycles. The molecule has 0 fully saturated rings. The highest BCUT2D eigenvalue weighted by atomic mass is 16.5. The van der Waals surface area contributed by atoms with Crippen molar-refractivity contribution in [2.45, 2.75) is 19.4 Å². The van der Waals surface area contributed by atoms with Crippen LogP contribution < -0.4 is 10.9 Å². The van der Waals surface area contributed by atoms with Crippen LogP contribution in [0.1, 0.15) is 23.2 Å². The number of methoxy groups -OCH3 is 1. The molecule has 0 aliphatic carbocycles. The quantitative estimate of drug-likeness (QED) is 0.620. The Kier molecular flexibility index (Phi) is 6.47. The van der Waals surface area contributed by atoms with Crippen molar-refractivity contribution in [2.24, 2.45) is 0 Å². The van der Waals surface area contributed by atoms with E-state index in [1.54, 1.807) is 42.7 Å². The van der Waals surface area contributed by atoms with Crippen molar-refractivity contribution < 1.29 is 14.3 Å². The lowest BCUT2D eigenvalue weighted by atomic mass is 10.1. The van der Waals surface area contributed by atoms with Crippen LogP contribution in [0.3, 0.4) is 0 Å². The smallest absolute Gasteiger partial charge is 0.339 e. The number of aromatic nitrogens is 3. The number of pyridine rings is 1. The standard InChI is InChI=1S/C21H20N4O4/c1-29-21(28)16-5-2-3-6-18(16)23-19(26)7-4-14-25-20(27)9-8-17(24-25)15-10-12-22-13-11-15/h2-3,5-6,8-13H,4,7,14H2,1H3,(H,23,26). The van der Waals surface area contributed by atoms with E-state index in [-0.39, 0.29) is 23.5 Å². The summed E-state index contributed by atoms with van der Waals surface area (Å²) in [6, 6.07) is 13.3. The fourth-order valence-corrected chi connectivity index (χ4v) is 2.77. The number of aryl methyl sites for hydroxylation is 1. The molecule has 1 aromatic carbocycles. The molecule has 8 heteroatoms. The lowest BCUT2D eigenvalue weighted by Gasteiger charge is -2.10. The predicted octanol–water partition coefficient (Wildman–Crippen LogP) is 2.51. The molecule has 1 N–H and O–H groups in total. The predicted molar refractivity (Wildman–Crippen MR) is 107 cm³/mol. The van der Waals surface area contributed by atoms with E-state index in [1.807, 2.05) is 12.1 Å². The van der Waals surface area contributed by atoms with Gasteiger partial charge in [0.25, 0.3) is 5.56 Å². The van der Waals surface area contributed by atoms with Crippen LogP contribution in [0, 0.1) is 0 Å². The number of benzene rings is 1. The number of rotatable bonds is 7. The maximum atomic E-state index is 12.3. The number of amides is 1. The molecule has 29 heavy (non-hydrogen) atoms. The fraction of sp³-hybridized carbons (Fsp3) is 0.190. The molecule has 0 aliphatic rings. The van der Waals surface area contributed by atoms with Gasteiger partial charge in [-0.25, -0.2) is 9.48 Å². The van der Waals surface area contributed by atoms with Crippen molar-refractivity contribution in [1.29, 1.82) is 0 Å². The van der Waals surface area contributed by atoms with Crippen LogP contribution >= 0.6 is 0 Å². The second kappa shape index (κ2) is 9.41. The van der Waals surface area contributed by atoms with Crippen LogP contribution in [0.4, 0.5) is 5.69 Å². The van der Waals surface area contributed by atoms with Crippen molar-refractivity contribution in [1.82, 2.24) is 14.8 Å². The lowest BCUT2D eigenvalue weighted by Crippen LogP contribution is -2.23. The average Bonchev–Trinajstić information content (AvgIpc) is 2.75. The molecular formula is C21H20N4O4. The van der Waals surface area contributed by atoms with Gasteiger partial charge in [-0.05, 0) is 36.8 Å². The number of nitrogens with zero attached hydrogens (tertiary/aromatic N) is 3. The molecule has 3 aromatic rings. The molecule has 0 aliphatic heterocycles. The minimum absolute atomic E-state index is 0.170. The van der Waals surface area contributed by atoms with Gasteiger partial charge in [-0.2, -0.15) is 5.10 Å². The fourth-order valence-electron chi connectivity index (χ4n) is 2.77. The largest absolute Gasteiger partial charge is 0.465 e. The number of esters is 1. The summed E-state index contributed by atoms with van der Waals surface area (Å²) in [6.45, 7) is 0.295. The summed E-state index contributed by atoms with van der Waals surface area (Å²) in [6.07, 6.45) is 3.90. The van der Waals surface area contributed by atoms with E-state index in [0.29, 0.717) is 24.3 Å². The maximum Gasteiger partial charge on any atom is 0.339 e. The van der Waals surface area contributed by atoms with Crippen LogP contribution in [-0.2, 0) is 16.1 Å². The molecule has 0 radical (unpaired) electrons.